The van der Waals surface area contributed by atoms with Crippen LogP contribution in [0.25, 0.3) is 10.2 Å². The summed E-state index contributed by atoms with van der Waals surface area (Å²) in [5.74, 6) is -0.902. The summed E-state index contributed by atoms with van der Waals surface area (Å²) in [7, 11) is -3.20. The van der Waals surface area contributed by atoms with Crippen LogP contribution < -0.4 is 15.6 Å². The second kappa shape index (κ2) is 11.3. The maximum Gasteiger partial charge on any atom is 0.287 e. The number of aromatic amines is 1. The standard InChI is InChI=1S/C23H26ClFN4O5S2/c1-36(32,33)29-16-5-2-13(3-6-16)10-34-11-15-12-35-23-19(15)21(30)27-20(28-23)22(31)26-9-14-4-7-18(25)17(24)8-14/h4,7-8,12-13,16,29H,2-3,5-6,9-11H2,1H3,(H,26,31)(H,27,28,30). The number of hydrogen-bond acceptors (Lipinski definition) is 7. The molecular formula is C23H26ClFN4O5S2. The predicted molar refractivity (Wildman–Crippen MR) is 136 cm³/mol. The predicted octanol–water partition coefficient (Wildman–Crippen LogP) is 3.33. The van der Waals surface area contributed by atoms with Gasteiger partial charge in [0.1, 0.15) is 10.6 Å². The van der Waals surface area contributed by atoms with Crippen LogP contribution in [0.1, 0.15) is 47.4 Å². The monoisotopic (exact) mass is 556 g/mol. The first kappa shape index (κ1) is 26.7. The van der Waals surface area contributed by atoms with E-state index in [1.165, 1.54) is 35.8 Å². The molecule has 1 fully saturated rings. The molecular weight excluding hydrogens is 531 g/mol. The minimum absolute atomic E-state index is 0.0263. The molecule has 3 aromatic rings. The van der Waals surface area contributed by atoms with E-state index in [2.05, 4.69) is 20.0 Å². The van der Waals surface area contributed by atoms with Crippen LogP contribution in [0.2, 0.25) is 5.02 Å². The molecule has 1 aliphatic rings. The van der Waals surface area contributed by atoms with E-state index in [4.69, 9.17) is 16.3 Å². The molecule has 1 amide bonds. The summed E-state index contributed by atoms with van der Waals surface area (Å²) in [5.41, 5.74) is 0.875. The summed E-state index contributed by atoms with van der Waals surface area (Å²) < 4.78 is 44.6. The molecule has 1 saturated carbocycles. The van der Waals surface area contributed by atoms with Gasteiger partial charge in [0.2, 0.25) is 15.8 Å². The first-order valence-electron chi connectivity index (χ1n) is 11.4. The van der Waals surface area contributed by atoms with Crippen molar-refractivity contribution in [2.45, 2.75) is 44.9 Å². The first-order valence-corrected chi connectivity index (χ1v) is 14.5. The van der Waals surface area contributed by atoms with Crippen molar-refractivity contribution < 1.29 is 22.3 Å². The lowest BCUT2D eigenvalue weighted by Crippen LogP contribution is -2.37. The molecule has 36 heavy (non-hydrogen) atoms. The van der Waals surface area contributed by atoms with Crippen molar-refractivity contribution in [1.29, 1.82) is 0 Å². The Morgan fingerprint density at radius 3 is 2.75 bits per heavy atom. The van der Waals surface area contributed by atoms with Gasteiger partial charge in [-0.15, -0.1) is 11.3 Å². The van der Waals surface area contributed by atoms with Gasteiger partial charge in [-0.3, -0.25) is 9.59 Å². The van der Waals surface area contributed by atoms with Gasteiger partial charge in [-0.2, -0.15) is 0 Å². The highest BCUT2D eigenvalue weighted by Gasteiger charge is 2.23. The zero-order valence-electron chi connectivity index (χ0n) is 19.5. The van der Waals surface area contributed by atoms with Crippen LogP contribution in [0.4, 0.5) is 4.39 Å². The molecule has 0 saturated heterocycles. The van der Waals surface area contributed by atoms with Crippen molar-refractivity contribution in [1.82, 2.24) is 20.0 Å². The molecule has 3 N–H and O–H groups in total. The van der Waals surface area contributed by atoms with Gasteiger partial charge in [-0.1, -0.05) is 17.7 Å². The molecule has 0 radical (unpaired) electrons. The fourth-order valence-corrected chi connectivity index (χ4v) is 6.19. The Morgan fingerprint density at radius 1 is 1.31 bits per heavy atom. The van der Waals surface area contributed by atoms with E-state index in [-0.39, 0.29) is 30.0 Å². The molecule has 2 aromatic heterocycles. The molecule has 4 rings (SSSR count). The van der Waals surface area contributed by atoms with Gasteiger partial charge in [0.25, 0.3) is 11.5 Å². The van der Waals surface area contributed by atoms with Crippen LogP contribution in [0.3, 0.4) is 0 Å². The molecule has 13 heteroatoms. The molecule has 0 bridgehead atoms. The number of carbonyl (C=O) groups excluding carboxylic acids is 1. The number of halogens is 2. The van der Waals surface area contributed by atoms with Crippen LogP contribution in [0.15, 0.2) is 28.4 Å². The van der Waals surface area contributed by atoms with Crippen LogP contribution >= 0.6 is 22.9 Å². The maximum absolute atomic E-state index is 13.3. The van der Waals surface area contributed by atoms with Crippen molar-refractivity contribution in [3.63, 3.8) is 0 Å². The number of thiophene rings is 1. The number of benzene rings is 1. The second-order valence-electron chi connectivity index (χ2n) is 8.91. The Bertz CT molecular complexity index is 1420. The summed E-state index contributed by atoms with van der Waals surface area (Å²) in [6.45, 7) is 0.849. The minimum atomic E-state index is -3.20. The quantitative estimate of drug-likeness (QED) is 0.370. The van der Waals surface area contributed by atoms with Crippen molar-refractivity contribution in [3.8, 4) is 0 Å². The number of sulfonamides is 1. The summed E-state index contributed by atoms with van der Waals surface area (Å²) >= 11 is 7.02. The van der Waals surface area contributed by atoms with Crippen LogP contribution in [0, 0.1) is 11.7 Å². The molecule has 1 aliphatic carbocycles. The second-order valence-corrected chi connectivity index (χ2v) is 12.0. The SMILES string of the molecule is CS(=O)(=O)NC1CCC(COCc2csc3nc(C(=O)NCc4ccc(F)c(Cl)c4)[nH]c(=O)c23)CC1. The topological polar surface area (TPSA) is 130 Å². The molecule has 9 nitrogen and oxygen atoms in total. The van der Waals surface area contributed by atoms with Gasteiger partial charge in [0.15, 0.2) is 0 Å². The van der Waals surface area contributed by atoms with Gasteiger partial charge >= 0.3 is 0 Å². The number of hydrogen-bond donors (Lipinski definition) is 3. The molecule has 0 spiro atoms. The number of aromatic nitrogens is 2. The number of ether oxygens (including phenoxy) is 1. The third-order valence-electron chi connectivity index (χ3n) is 6.01. The van der Waals surface area contributed by atoms with Gasteiger partial charge in [0, 0.05) is 24.8 Å². The van der Waals surface area contributed by atoms with E-state index >= 15 is 0 Å². The molecule has 0 aliphatic heterocycles. The number of nitrogens with one attached hydrogen (secondary N) is 3. The first-order chi connectivity index (χ1) is 17.1. The summed E-state index contributed by atoms with van der Waals surface area (Å²) in [6.07, 6.45) is 4.44. The number of amides is 1. The lowest BCUT2D eigenvalue weighted by atomic mass is 9.87. The Hall–Kier alpha value is -2.38. The number of H-pyrrole nitrogens is 1. The minimum Gasteiger partial charge on any atom is -0.376 e. The van der Waals surface area contributed by atoms with Gasteiger partial charge < -0.3 is 15.0 Å². The third kappa shape index (κ3) is 6.88. The van der Waals surface area contributed by atoms with E-state index in [1.54, 1.807) is 5.38 Å². The zero-order valence-corrected chi connectivity index (χ0v) is 21.9. The van der Waals surface area contributed by atoms with E-state index in [9.17, 15) is 22.4 Å². The van der Waals surface area contributed by atoms with Crippen molar-refractivity contribution in [2.24, 2.45) is 5.92 Å². The van der Waals surface area contributed by atoms with E-state index in [1.807, 2.05) is 0 Å². The molecule has 0 unspecified atom stereocenters. The Kier molecular flexibility index (Phi) is 8.41. The Labute approximate surface area is 216 Å². The van der Waals surface area contributed by atoms with Crippen LogP contribution in [-0.4, -0.2) is 43.2 Å². The largest absolute Gasteiger partial charge is 0.376 e. The Balaban J connectivity index is 1.32. The maximum atomic E-state index is 13.3. The van der Waals surface area contributed by atoms with Gasteiger partial charge in [-0.05, 0) is 54.7 Å². The van der Waals surface area contributed by atoms with E-state index in [0.29, 0.717) is 33.9 Å². The number of nitrogens with zero attached hydrogens (tertiary/aromatic N) is 1. The molecule has 2 heterocycles. The number of rotatable bonds is 9. The van der Waals surface area contributed by atoms with Crippen molar-refractivity contribution in [2.75, 3.05) is 12.9 Å². The van der Waals surface area contributed by atoms with Crippen LogP contribution in [-0.2, 0) is 27.9 Å². The van der Waals surface area contributed by atoms with Crippen molar-refractivity contribution >= 4 is 49.1 Å². The van der Waals surface area contributed by atoms with E-state index < -0.39 is 27.3 Å². The van der Waals surface area contributed by atoms with Gasteiger partial charge in [0.05, 0.1) is 23.3 Å². The highest BCUT2D eigenvalue weighted by atomic mass is 35.5. The van der Waals surface area contributed by atoms with Crippen LogP contribution in [0.5, 0.6) is 0 Å². The van der Waals surface area contributed by atoms with Gasteiger partial charge in [-0.25, -0.2) is 22.5 Å². The lowest BCUT2D eigenvalue weighted by molar-refractivity contribution is 0.0719. The molecule has 0 atom stereocenters. The smallest absolute Gasteiger partial charge is 0.287 e. The molecule has 194 valence electrons. The highest BCUT2D eigenvalue weighted by Crippen LogP contribution is 2.26. The number of fused-ring (bicyclic) bond motifs is 1. The average Bonchev–Trinajstić information content (AvgIpc) is 3.23. The third-order valence-corrected chi connectivity index (χ3v) is 7.98. The normalized spacial score (nSPS) is 18.4. The Morgan fingerprint density at radius 2 is 2.06 bits per heavy atom. The highest BCUT2D eigenvalue weighted by molar-refractivity contribution is 7.88. The summed E-state index contributed by atoms with van der Waals surface area (Å²) in [6, 6.07) is 4.11. The zero-order chi connectivity index (χ0) is 25.9. The fraction of sp³-hybridized carbons (Fsp3) is 0.435. The van der Waals surface area contributed by atoms with Crippen molar-refractivity contribution in [3.05, 3.63) is 61.7 Å². The summed E-state index contributed by atoms with van der Waals surface area (Å²) in [5, 5.41) is 4.78. The van der Waals surface area contributed by atoms with E-state index in [0.717, 1.165) is 25.7 Å². The molecule has 1 aromatic carbocycles. The fourth-order valence-electron chi connectivity index (χ4n) is 4.22. The number of carbonyl (C=O) groups is 1. The average molecular weight is 557 g/mol. The summed E-state index contributed by atoms with van der Waals surface area (Å²) in [4.78, 5) is 32.5. The lowest BCUT2D eigenvalue weighted by Gasteiger charge is -2.28.